The maximum atomic E-state index is 12.1. The molecule has 0 aliphatic rings. The molecule has 1 heterocycles. The van der Waals surface area contributed by atoms with Crippen molar-refractivity contribution in [2.24, 2.45) is 7.05 Å². The Balaban J connectivity index is 1.65. The van der Waals surface area contributed by atoms with Gasteiger partial charge in [0, 0.05) is 18.7 Å². The highest BCUT2D eigenvalue weighted by atomic mass is 16.5. The standard InChI is InChI=1S/C20H21N3O2/c1-3-25-18-11-7-4-8-15(18)12-13-20(24)21-14-19-22-16-9-5-6-10-17(16)23(19)2/h4-13H,3,14H2,1-2H3,(H,21,24)/b13-12+. The van der Waals surface area contributed by atoms with Crippen LogP contribution in [0.1, 0.15) is 18.3 Å². The summed E-state index contributed by atoms with van der Waals surface area (Å²) in [4.78, 5) is 16.7. The van der Waals surface area contributed by atoms with Gasteiger partial charge < -0.3 is 14.6 Å². The Morgan fingerprint density at radius 2 is 1.96 bits per heavy atom. The number of rotatable bonds is 6. The zero-order valence-corrected chi connectivity index (χ0v) is 14.4. The molecule has 0 bridgehead atoms. The fraction of sp³-hybridized carbons (Fsp3) is 0.200. The predicted octanol–water partition coefficient (Wildman–Crippen LogP) is 3.30. The molecule has 3 rings (SSSR count). The normalized spacial score (nSPS) is 11.1. The van der Waals surface area contributed by atoms with Gasteiger partial charge in [0.15, 0.2) is 0 Å². The van der Waals surface area contributed by atoms with Crippen LogP contribution in [-0.4, -0.2) is 22.1 Å². The lowest BCUT2D eigenvalue weighted by Gasteiger charge is -2.06. The summed E-state index contributed by atoms with van der Waals surface area (Å²) in [5.74, 6) is 1.42. The lowest BCUT2D eigenvalue weighted by molar-refractivity contribution is -0.116. The number of hydrogen-bond donors (Lipinski definition) is 1. The summed E-state index contributed by atoms with van der Waals surface area (Å²) in [6.07, 6.45) is 3.27. The summed E-state index contributed by atoms with van der Waals surface area (Å²) >= 11 is 0. The molecule has 0 saturated heterocycles. The third-order valence-electron chi connectivity index (χ3n) is 3.93. The van der Waals surface area contributed by atoms with Crippen LogP contribution in [0.25, 0.3) is 17.1 Å². The molecule has 0 fully saturated rings. The summed E-state index contributed by atoms with van der Waals surface area (Å²) in [5.41, 5.74) is 2.85. The van der Waals surface area contributed by atoms with E-state index in [1.807, 2.05) is 67.1 Å². The molecule has 5 nitrogen and oxygen atoms in total. The van der Waals surface area contributed by atoms with E-state index in [2.05, 4.69) is 10.3 Å². The van der Waals surface area contributed by atoms with Crippen LogP contribution in [0.5, 0.6) is 5.75 Å². The molecule has 0 aliphatic carbocycles. The molecule has 0 radical (unpaired) electrons. The van der Waals surface area contributed by atoms with Gasteiger partial charge in [-0.1, -0.05) is 30.3 Å². The minimum Gasteiger partial charge on any atom is -0.493 e. The van der Waals surface area contributed by atoms with Crippen molar-refractivity contribution in [3.63, 3.8) is 0 Å². The monoisotopic (exact) mass is 335 g/mol. The van der Waals surface area contributed by atoms with Crippen LogP contribution in [0.3, 0.4) is 0 Å². The molecule has 1 aromatic heterocycles. The number of aryl methyl sites for hydroxylation is 1. The number of aromatic nitrogens is 2. The SMILES string of the molecule is CCOc1ccccc1/C=C/C(=O)NCc1nc2ccccc2n1C. The second-order valence-corrected chi connectivity index (χ2v) is 5.60. The van der Waals surface area contributed by atoms with Gasteiger partial charge in [-0.15, -0.1) is 0 Å². The Hall–Kier alpha value is -3.08. The summed E-state index contributed by atoms with van der Waals surface area (Å²) in [5, 5.41) is 2.87. The van der Waals surface area contributed by atoms with E-state index in [-0.39, 0.29) is 5.91 Å². The van der Waals surface area contributed by atoms with Gasteiger partial charge in [0.05, 0.1) is 24.2 Å². The Morgan fingerprint density at radius 3 is 2.76 bits per heavy atom. The van der Waals surface area contributed by atoms with E-state index in [1.165, 1.54) is 6.08 Å². The topological polar surface area (TPSA) is 56.1 Å². The van der Waals surface area contributed by atoms with E-state index in [0.29, 0.717) is 13.2 Å². The third-order valence-corrected chi connectivity index (χ3v) is 3.93. The van der Waals surface area contributed by atoms with Gasteiger partial charge in [-0.3, -0.25) is 4.79 Å². The summed E-state index contributed by atoms with van der Waals surface area (Å²) in [6, 6.07) is 15.5. The maximum Gasteiger partial charge on any atom is 0.244 e. The van der Waals surface area contributed by atoms with Crippen LogP contribution >= 0.6 is 0 Å². The summed E-state index contributed by atoms with van der Waals surface area (Å²) < 4.78 is 7.54. The van der Waals surface area contributed by atoms with Crippen molar-refractivity contribution in [2.75, 3.05) is 6.61 Å². The van der Waals surface area contributed by atoms with E-state index in [0.717, 1.165) is 28.2 Å². The van der Waals surface area contributed by atoms with Gasteiger partial charge in [0.25, 0.3) is 0 Å². The van der Waals surface area contributed by atoms with E-state index in [9.17, 15) is 4.79 Å². The molecule has 128 valence electrons. The number of para-hydroxylation sites is 3. The predicted molar refractivity (Wildman–Crippen MR) is 99.2 cm³/mol. The van der Waals surface area contributed by atoms with Crippen molar-refractivity contribution >= 4 is 23.0 Å². The van der Waals surface area contributed by atoms with Crippen LogP contribution in [0.15, 0.2) is 54.6 Å². The molecule has 1 N–H and O–H groups in total. The van der Waals surface area contributed by atoms with Gasteiger partial charge in [-0.2, -0.15) is 0 Å². The lowest BCUT2D eigenvalue weighted by Crippen LogP contribution is -2.22. The fourth-order valence-electron chi connectivity index (χ4n) is 2.65. The van der Waals surface area contributed by atoms with Gasteiger partial charge in [-0.05, 0) is 31.2 Å². The first-order valence-corrected chi connectivity index (χ1v) is 8.27. The van der Waals surface area contributed by atoms with E-state index in [4.69, 9.17) is 4.74 Å². The molecule has 3 aromatic rings. The number of carbonyl (C=O) groups is 1. The van der Waals surface area contributed by atoms with Gasteiger partial charge in [0.1, 0.15) is 11.6 Å². The highest BCUT2D eigenvalue weighted by molar-refractivity contribution is 5.92. The number of nitrogens with one attached hydrogen (secondary N) is 1. The Morgan fingerprint density at radius 1 is 1.20 bits per heavy atom. The second kappa shape index (κ2) is 7.66. The summed E-state index contributed by atoms with van der Waals surface area (Å²) in [6.45, 7) is 2.90. The molecule has 1 amide bonds. The quantitative estimate of drug-likeness (QED) is 0.703. The second-order valence-electron chi connectivity index (χ2n) is 5.60. The van der Waals surface area contributed by atoms with E-state index in [1.54, 1.807) is 6.08 Å². The van der Waals surface area contributed by atoms with Crippen molar-refractivity contribution in [3.05, 3.63) is 66.0 Å². The average molecular weight is 335 g/mol. The van der Waals surface area contributed by atoms with E-state index >= 15 is 0 Å². The maximum absolute atomic E-state index is 12.1. The van der Waals surface area contributed by atoms with Crippen molar-refractivity contribution in [1.82, 2.24) is 14.9 Å². The van der Waals surface area contributed by atoms with Crippen LogP contribution in [-0.2, 0) is 18.4 Å². The number of carbonyl (C=O) groups excluding carboxylic acids is 1. The number of hydrogen-bond acceptors (Lipinski definition) is 3. The first kappa shape index (κ1) is 16.8. The average Bonchev–Trinajstić information content (AvgIpc) is 2.96. The fourth-order valence-corrected chi connectivity index (χ4v) is 2.65. The lowest BCUT2D eigenvalue weighted by atomic mass is 10.2. The number of benzene rings is 2. The minimum atomic E-state index is -0.168. The summed E-state index contributed by atoms with van der Waals surface area (Å²) in [7, 11) is 1.95. The Kier molecular flexibility index (Phi) is 5.14. The molecule has 5 heteroatoms. The molecule has 0 aliphatic heterocycles. The van der Waals surface area contributed by atoms with Crippen LogP contribution in [0.4, 0.5) is 0 Å². The van der Waals surface area contributed by atoms with Gasteiger partial charge in [-0.25, -0.2) is 4.98 Å². The largest absolute Gasteiger partial charge is 0.493 e. The molecular weight excluding hydrogens is 314 g/mol. The molecule has 0 saturated carbocycles. The van der Waals surface area contributed by atoms with Crippen LogP contribution < -0.4 is 10.1 Å². The molecule has 2 aromatic carbocycles. The number of amides is 1. The van der Waals surface area contributed by atoms with Crippen LogP contribution in [0, 0.1) is 0 Å². The van der Waals surface area contributed by atoms with Crippen LogP contribution in [0.2, 0.25) is 0 Å². The highest BCUT2D eigenvalue weighted by Gasteiger charge is 2.07. The molecule has 0 unspecified atom stereocenters. The zero-order chi connectivity index (χ0) is 17.6. The number of fused-ring (bicyclic) bond motifs is 1. The zero-order valence-electron chi connectivity index (χ0n) is 14.4. The first-order chi connectivity index (χ1) is 12.2. The van der Waals surface area contributed by atoms with Crippen molar-refractivity contribution in [1.29, 1.82) is 0 Å². The molecule has 0 atom stereocenters. The highest BCUT2D eigenvalue weighted by Crippen LogP contribution is 2.19. The smallest absolute Gasteiger partial charge is 0.244 e. The van der Waals surface area contributed by atoms with Gasteiger partial charge >= 0.3 is 0 Å². The van der Waals surface area contributed by atoms with Crippen molar-refractivity contribution in [2.45, 2.75) is 13.5 Å². The van der Waals surface area contributed by atoms with Crippen molar-refractivity contribution in [3.8, 4) is 5.75 Å². The number of nitrogens with zero attached hydrogens (tertiary/aromatic N) is 2. The Bertz CT molecular complexity index is 912. The minimum absolute atomic E-state index is 0.168. The van der Waals surface area contributed by atoms with Crippen molar-refractivity contribution < 1.29 is 9.53 Å². The van der Waals surface area contributed by atoms with E-state index < -0.39 is 0 Å². The first-order valence-electron chi connectivity index (χ1n) is 8.27. The molecule has 0 spiro atoms. The molecule has 25 heavy (non-hydrogen) atoms. The third kappa shape index (κ3) is 3.88. The number of imidazole rings is 1. The Labute approximate surface area is 146 Å². The molecular formula is C20H21N3O2. The van der Waals surface area contributed by atoms with Gasteiger partial charge in [0.2, 0.25) is 5.91 Å². The number of ether oxygens (including phenoxy) is 1.